The van der Waals surface area contributed by atoms with Crippen LogP contribution in [0.1, 0.15) is 22.9 Å². The molecule has 156 valence electrons. The molecular formula is C25H19N5O2. The molecule has 32 heavy (non-hydrogen) atoms. The lowest BCUT2D eigenvalue weighted by molar-refractivity contribution is 0.237. The topological polar surface area (TPSA) is 95.8 Å². The van der Waals surface area contributed by atoms with E-state index in [4.69, 9.17) is 9.40 Å². The van der Waals surface area contributed by atoms with Gasteiger partial charge in [0.05, 0.1) is 36.1 Å². The number of amides is 2. The normalized spacial score (nSPS) is 14.2. The SMILES string of the molecule is O=C(NCc1ccco1)NC1c2ccccc2-c2c(-c3nc4ccncc4[nH]3)cccc21. The minimum Gasteiger partial charge on any atom is -0.467 e. The molecule has 1 aliphatic rings. The van der Waals surface area contributed by atoms with Gasteiger partial charge in [0.1, 0.15) is 11.6 Å². The van der Waals surface area contributed by atoms with Crippen LogP contribution in [0, 0.1) is 0 Å². The van der Waals surface area contributed by atoms with Crippen LogP contribution < -0.4 is 10.6 Å². The summed E-state index contributed by atoms with van der Waals surface area (Å²) in [5.74, 6) is 1.48. The highest BCUT2D eigenvalue weighted by Crippen LogP contribution is 2.47. The molecule has 2 amide bonds. The van der Waals surface area contributed by atoms with Gasteiger partial charge in [0.2, 0.25) is 0 Å². The van der Waals surface area contributed by atoms with Crippen LogP contribution in [-0.2, 0) is 6.54 Å². The van der Waals surface area contributed by atoms with Crippen molar-refractivity contribution in [3.05, 3.63) is 96.2 Å². The lowest BCUT2D eigenvalue weighted by atomic mass is 9.99. The number of benzene rings is 2. The van der Waals surface area contributed by atoms with Crippen LogP contribution >= 0.6 is 0 Å². The highest BCUT2D eigenvalue weighted by Gasteiger charge is 2.32. The summed E-state index contributed by atoms with van der Waals surface area (Å²) in [5.41, 5.74) is 7.01. The molecule has 0 saturated heterocycles. The lowest BCUT2D eigenvalue weighted by Gasteiger charge is -2.16. The van der Waals surface area contributed by atoms with Gasteiger partial charge in [-0.05, 0) is 40.5 Å². The summed E-state index contributed by atoms with van der Waals surface area (Å²) < 4.78 is 5.30. The van der Waals surface area contributed by atoms with Crippen LogP contribution in [0.2, 0.25) is 0 Å². The second-order valence-corrected chi connectivity index (χ2v) is 7.67. The molecule has 7 heteroatoms. The van der Waals surface area contributed by atoms with Gasteiger partial charge in [0, 0.05) is 11.8 Å². The smallest absolute Gasteiger partial charge is 0.315 e. The molecule has 0 aliphatic heterocycles. The number of hydrogen-bond donors (Lipinski definition) is 3. The molecular weight excluding hydrogens is 402 g/mol. The van der Waals surface area contributed by atoms with Crippen molar-refractivity contribution in [1.29, 1.82) is 0 Å². The van der Waals surface area contributed by atoms with Crippen molar-refractivity contribution in [2.75, 3.05) is 0 Å². The Balaban J connectivity index is 1.38. The van der Waals surface area contributed by atoms with Crippen LogP contribution in [0.15, 0.2) is 83.7 Å². The molecule has 6 rings (SSSR count). The quantitative estimate of drug-likeness (QED) is 0.389. The fraction of sp³-hybridized carbons (Fsp3) is 0.0800. The van der Waals surface area contributed by atoms with Gasteiger partial charge in [0.15, 0.2) is 0 Å². The first-order chi connectivity index (χ1) is 15.8. The Labute approximate surface area is 183 Å². The zero-order valence-electron chi connectivity index (χ0n) is 17.0. The van der Waals surface area contributed by atoms with E-state index < -0.39 is 0 Å². The van der Waals surface area contributed by atoms with Crippen LogP contribution in [0.4, 0.5) is 4.79 Å². The van der Waals surface area contributed by atoms with Gasteiger partial charge in [-0.3, -0.25) is 4.98 Å². The number of aromatic nitrogens is 3. The average Bonchev–Trinajstić information content (AvgIpc) is 3.56. The summed E-state index contributed by atoms with van der Waals surface area (Å²) >= 11 is 0. The summed E-state index contributed by atoms with van der Waals surface area (Å²) in [6, 6.07) is 19.3. The summed E-state index contributed by atoms with van der Waals surface area (Å²) in [5, 5.41) is 6.00. The molecule has 1 aliphatic carbocycles. The number of aromatic amines is 1. The monoisotopic (exact) mass is 421 g/mol. The Morgan fingerprint density at radius 1 is 1.00 bits per heavy atom. The summed E-state index contributed by atoms with van der Waals surface area (Å²) in [7, 11) is 0. The third-order valence-corrected chi connectivity index (χ3v) is 5.77. The third kappa shape index (κ3) is 3.02. The summed E-state index contributed by atoms with van der Waals surface area (Å²) in [6.45, 7) is 0.327. The van der Waals surface area contributed by atoms with Gasteiger partial charge in [-0.1, -0.05) is 42.5 Å². The molecule has 1 atom stereocenters. The first-order valence-electron chi connectivity index (χ1n) is 10.4. The lowest BCUT2D eigenvalue weighted by Crippen LogP contribution is -2.37. The molecule has 7 nitrogen and oxygen atoms in total. The molecule has 0 fully saturated rings. The zero-order valence-corrected chi connectivity index (χ0v) is 17.0. The molecule has 0 radical (unpaired) electrons. The predicted molar refractivity (Wildman–Crippen MR) is 121 cm³/mol. The number of urea groups is 1. The van der Waals surface area contributed by atoms with Crippen molar-refractivity contribution in [2.45, 2.75) is 12.6 Å². The number of pyridine rings is 1. The largest absolute Gasteiger partial charge is 0.467 e. The number of nitrogens with zero attached hydrogens (tertiary/aromatic N) is 2. The Kier molecular flexibility index (Phi) is 4.24. The van der Waals surface area contributed by atoms with E-state index >= 15 is 0 Å². The van der Waals surface area contributed by atoms with E-state index in [0.717, 1.165) is 44.7 Å². The van der Waals surface area contributed by atoms with Gasteiger partial charge >= 0.3 is 6.03 Å². The first kappa shape index (κ1) is 18.4. The van der Waals surface area contributed by atoms with Crippen molar-refractivity contribution < 1.29 is 9.21 Å². The van der Waals surface area contributed by atoms with Crippen molar-refractivity contribution in [1.82, 2.24) is 25.6 Å². The van der Waals surface area contributed by atoms with Crippen molar-refractivity contribution in [2.24, 2.45) is 0 Å². The summed E-state index contributed by atoms with van der Waals surface area (Å²) in [6.07, 6.45) is 5.10. The van der Waals surface area contributed by atoms with Gasteiger partial charge in [0.25, 0.3) is 0 Å². The third-order valence-electron chi connectivity index (χ3n) is 5.77. The number of hydrogen-bond acceptors (Lipinski definition) is 4. The number of rotatable bonds is 4. The molecule has 0 saturated carbocycles. The van der Waals surface area contributed by atoms with Crippen molar-refractivity contribution >= 4 is 17.1 Å². The van der Waals surface area contributed by atoms with Gasteiger partial charge in [-0.2, -0.15) is 0 Å². The van der Waals surface area contributed by atoms with Crippen molar-refractivity contribution in [3.63, 3.8) is 0 Å². The standard InChI is InChI=1S/C25H19N5O2/c31-25(27-13-15-5-4-12-32-15)30-23-17-7-2-1-6-16(17)22-18(23)8-3-9-19(22)24-28-20-10-11-26-14-21(20)29-24/h1-12,14,23H,13H2,(H,28,29)(H2,27,30,31). The molecule has 1 unspecified atom stereocenters. The molecule has 2 aromatic carbocycles. The highest BCUT2D eigenvalue weighted by atomic mass is 16.3. The minimum absolute atomic E-state index is 0.255. The van der Waals surface area contributed by atoms with E-state index in [1.807, 2.05) is 30.3 Å². The Hall–Kier alpha value is -4.39. The molecule has 0 bridgehead atoms. The Morgan fingerprint density at radius 3 is 2.75 bits per heavy atom. The number of nitrogens with one attached hydrogen (secondary N) is 3. The Morgan fingerprint density at radius 2 is 1.88 bits per heavy atom. The van der Waals surface area contributed by atoms with Crippen LogP contribution in [0.5, 0.6) is 0 Å². The molecule has 0 spiro atoms. The van der Waals surface area contributed by atoms with E-state index in [9.17, 15) is 4.79 Å². The Bertz CT molecular complexity index is 1410. The van der Waals surface area contributed by atoms with Gasteiger partial charge < -0.3 is 20.0 Å². The maximum atomic E-state index is 12.7. The average molecular weight is 421 g/mol. The van der Waals surface area contributed by atoms with Crippen LogP contribution in [-0.4, -0.2) is 21.0 Å². The number of fused-ring (bicyclic) bond motifs is 4. The van der Waals surface area contributed by atoms with E-state index in [1.54, 1.807) is 24.7 Å². The van der Waals surface area contributed by atoms with E-state index in [-0.39, 0.29) is 12.1 Å². The number of carbonyl (C=O) groups is 1. The van der Waals surface area contributed by atoms with E-state index in [2.05, 4.69) is 44.9 Å². The van der Waals surface area contributed by atoms with Gasteiger partial charge in [-0.25, -0.2) is 9.78 Å². The second-order valence-electron chi connectivity index (χ2n) is 7.67. The molecule has 5 aromatic rings. The fourth-order valence-electron chi connectivity index (χ4n) is 4.36. The summed E-state index contributed by atoms with van der Waals surface area (Å²) in [4.78, 5) is 25.0. The van der Waals surface area contributed by atoms with E-state index in [0.29, 0.717) is 12.3 Å². The van der Waals surface area contributed by atoms with Crippen LogP contribution in [0.3, 0.4) is 0 Å². The fourth-order valence-corrected chi connectivity index (χ4v) is 4.36. The maximum Gasteiger partial charge on any atom is 0.315 e. The number of carbonyl (C=O) groups excluding carboxylic acids is 1. The second kappa shape index (κ2) is 7.39. The van der Waals surface area contributed by atoms with Crippen molar-refractivity contribution in [3.8, 4) is 22.5 Å². The zero-order chi connectivity index (χ0) is 21.5. The highest BCUT2D eigenvalue weighted by molar-refractivity contribution is 5.92. The van der Waals surface area contributed by atoms with E-state index in [1.165, 1.54) is 0 Å². The number of H-pyrrole nitrogens is 1. The molecule has 3 heterocycles. The van der Waals surface area contributed by atoms with Crippen LogP contribution in [0.25, 0.3) is 33.5 Å². The molecule has 3 N–H and O–H groups in total. The number of imidazole rings is 1. The molecule has 3 aromatic heterocycles. The maximum absolute atomic E-state index is 12.7. The minimum atomic E-state index is -0.260. The van der Waals surface area contributed by atoms with Gasteiger partial charge in [-0.15, -0.1) is 0 Å². The number of furan rings is 1. The first-order valence-corrected chi connectivity index (χ1v) is 10.4. The predicted octanol–water partition coefficient (Wildman–Crippen LogP) is 4.79.